The van der Waals surface area contributed by atoms with Gasteiger partial charge in [0.1, 0.15) is 6.33 Å². The third-order valence-corrected chi connectivity index (χ3v) is 4.69. The molecule has 1 heterocycles. The first-order valence-corrected chi connectivity index (χ1v) is 7.35. The lowest BCUT2D eigenvalue weighted by molar-refractivity contribution is -0.120. The van der Waals surface area contributed by atoms with Gasteiger partial charge >= 0.3 is 0 Å². The second-order valence-electron chi connectivity index (χ2n) is 6.17. The number of carbonyl (C=O) groups excluding carboxylic acids is 1. The fraction of sp³-hybridized carbons (Fsp3) is 0.467. The molecule has 6 heteroatoms. The molecule has 0 aliphatic heterocycles. The van der Waals surface area contributed by atoms with Crippen molar-refractivity contribution in [3.63, 3.8) is 0 Å². The van der Waals surface area contributed by atoms with Crippen LogP contribution in [0.25, 0.3) is 5.69 Å². The molecular weight excluding hydrogens is 266 g/mol. The molecule has 2 fully saturated rings. The molecule has 4 rings (SSSR count). The SMILES string of the molecule is Cc1ccc(NC(=O)C2CC3CC3C2)cc1-n1cnnn1. The van der Waals surface area contributed by atoms with Gasteiger partial charge in [-0.05, 0) is 66.1 Å². The highest BCUT2D eigenvalue weighted by molar-refractivity contribution is 5.93. The molecule has 2 unspecified atom stereocenters. The Labute approximate surface area is 122 Å². The monoisotopic (exact) mass is 283 g/mol. The summed E-state index contributed by atoms with van der Waals surface area (Å²) in [5.41, 5.74) is 2.74. The second-order valence-corrected chi connectivity index (χ2v) is 6.17. The van der Waals surface area contributed by atoms with Crippen LogP contribution >= 0.6 is 0 Å². The zero-order chi connectivity index (χ0) is 14.4. The number of nitrogens with one attached hydrogen (secondary N) is 1. The molecule has 21 heavy (non-hydrogen) atoms. The number of hydrogen-bond donors (Lipinski definition) is 1. The zero-order valence-corrected chi connectivity index (χ0v) is 11.9. The minimum Gasteiger partial charge on any atom is -0.326 e. The highest BCUT2D eigenvalue weighted by atomic mass is 16.1. The number of tetrazole rings is 1. The summed E-state index contributed by atoms with van der Waals surface area (Å²) in [6.45, 7) is 1.99. The van der Waals surface area contributed by atoms with E-state index >= 15 is 0 Å². The van der Waals surface area contributed by atoms with Gasteiger partial charge in [-0.3, -0.25) is 4.79 Å². The van der Waals surface area contributed by atoms with Crippen molar-refractivity contribution in [2.24, 2.45) is 17.8 Å². The van der Waals surface area contributed by atoms with Gasteiger partial charge in [-0.15, -0.1) is 5.10 Å². The van der Waals surface area contributed by atoms with Gasteiger partial charge in [-0.1, -0.05) is 6.07 Å². The molecule has 2 atom stereocenters. The maximum Gasteiger partial charge on any atom is 0.227 e. The number of hydrogen-bond acceptors (Lipinski definition) is 4. The van der Waals surface area contributed by atoms with Gasteiger partial charge in [-0.25, -0.2) is 4.68 Å². The molecule has 6 nitrogen and oxygen atoms in total. The van der Waals surface area contributed by atoms with E-state index in [-0.39, 0.29) is 11.8 Å². The summed E-state index contributed by atoms with van der Waals surface area (Å²) < 4.78 is 1.61. The minimum absolute atomic E-state index is 0.147. The number of nitrogens with zero attached hydrogens (tertiary/aromatic N) is 4. The first kappa shape index (κ1) is 12.5. The number of aromatic nitrogens is 4. The van der Waals surface area contributed by atoms with Crippen molar-refractivity contribution in [3.8, 4) is 5.69 Å². The first-order chi connectivity index (χ1) is 10.2. The van der Waals surface area contributed by atoms with Gasteiger partial charge in [-0.2, -0.15) is 0 Å². The number of fused-ring (bicyclic) bond motifs is 1. The van der Waals surface area contributed by atoms with Crippen LogP contribution in [0, 0.1) is 24.7 Å². The van der Waals surface area contributed by atoms with Crippen molar-refractivity contribution in [2.75, 3.05) is 5.32 Å². The molecule has 0 spiro atoms. The van der Waals surface area contributed by atoms with Gasteiger partial charge in [0.2, 0.25) is 5.91 Å². The standard InChI is InChI=1S/C15H17N5O/c1-9-2-3-13(7-14(9)20-8-16-18-19-20)17-15(21)12-5-10-4-11(10)6-12/h2-3,7-8,10-12H,4-6H2,1H3,(H,17,21). The molecule has 2 aromatic rings. The predicted molar refractivity (Wildman–Crippen MR) is 76.8 cm³/mol. The van der Waals surface area contributed by atoms with Crippen LogP contribution in [0.4, 0.5) is 5.69 Å². The van der Waals surface area contributed by atoms with E-state index in [0.717, 1.165) is 41.6 Å². The molecule has 0 saturated heterocycles. The maximum atomic E-state index is 12.3. The van der Waals surface area contributed by atoms with E-state index in [0.29, 0.717) is 0 Å². The third-order valence-electron chi connectivity index (χ3n) is 4.69. The summed E-state index contributed by atoms with van der Waals surface area (Å²) in [6, 6.07) is 5.81. The van der Waals surface area contributed by atoms with Gasteiger partial charge in [0, 0.05) is 11.6 Å². The Bertz CT molecular complexity index is 671. The van der Waals surface area contributed by atoms with E-state index in [1.807, 2.05) is 25.1 Å². The molecule has 1 aromatic carbocycles. The lowest BCUT2D eigenvalue weighted by atomic mass is 10.0. The summed E-state index contributed by atoms with van der Waals surface area (Å²) in [6.07, 6.45) is 5.00. The largest absolute Gasteiger partial charge is 0.326 e. The normalized spacial score (nSPS) is 26.4. The molecule has 1 amide bonds. The van der Waals surface area contributed by atoms with Crippen LogP contribution < -0.4 is 5.32 Å². The number of amides is 1. The zero-order valence-electron chi connectivity index (χ0n) is 11.9. The summed E-state index contributed by atoms with van der Waals surface area (Å²) >= 11 is 0. The molecule has 2 aliphatic carbocycles. The van der Waals surface area contributed by atoms with Crippen molar-refractivity contribution >= 4 is 11.6 Å². The summed E-state index contributed by atoms with van der Waals surface area (Å²) in [7, 11) is 0. The Morgan fingerprint density at radius 3 is 2.81 bits per heavy atom. The Morgan fingerprint density at radius 2 is 2.10 bits per heavy atom. The highest BCUT2D eigenvalue weighted by Gasteiger charge is 2.47. The first-order valence-electron chi connectivity index (χ1n) is 7.35. The third kappa shape index (κ3) is 2.30. The van der Waals surface area contributed by atoms with Crippen molar-refractivity contribution in [3.05, 3.63) is 30.1 Å². The molecule has 1 aromatic heterocycles. The number of rotatable bonds is 3. The van der Waals surface area contributed by atoms with E-state index in [2.05, 4.69) is 20.8 Å². The lowest BCUT2D eigenvalue weighted by Crippen LogP contribution is -2.21. The van der Waals surface area contributed by atoms with Crippen molar-refractivity contribution in [1.82, 2.24) is 20.2 Å². The number of carbonyl (C=O) groups is 1. The van der Waals surface area contributed by atoms with Crippen LogP contribution in [0.5, 0.6) is 0 Å². The Hall–Kier alpha value is -2.24. The molecule has 2 saturated carbocycles. The van der Waals surface area contributed by atoms with E-state index < -0.39 is 0 Å². The van der Waals surface area contributed by atoms with Crippen LogP contribution in [0.3, 0.4) is 0 Å². The summed E-state index contributed by atoms with van der Waals surface area (Å²) in [5, 5.41) is 14.2. The summed E-state index contributed by atoms with van der Waals surface area (Å²) in [4.78, 5) is 12.3. The average Bonchev–Trinajstić information content (AvgIpc) is 2.93. The Morgan fingerprint density at radius 1 is 1.29 bits per heavy atom. The van der Waals surface area contributed by atoms with Gasteiger partial charge in [0.05, 0.1) is 5.69 Å². The fourth-order valence-electron chi connectivity index (χ4n) is 3.38. The van der Waals surface area contributed by atoms with E-state index in [1.54, 1.807) is 11.0 Å². The molecule has 108 valence electrons. The Kier molecular flexibility index (Phi) is 2.77. The van der Waals surface area contributed by atoms with Gasteiger partial charge in [0.15, 0.2) is 0 Å². The van der Waals surface area contributed by atoms with Crippen LogP contribution in [-0.2, 0) is 4.79 Å². The smallest absolute Gasteiger partial charge is 0.227 e. The fourth-order valence-corrected chi connectivity index (χ4v) is 3.38. The van der Waals surface area contributed by atoms with E-state index in [9.17, 15) is 4.79 Å². The van der Waals surface area contributed by atoms with E-state index in [1.165, 1.54) is 6.42 Å². The average molecular weight is 283 g/mol. The summed E-state index contributed by atoms with van der Waals surface area (Å²) in [5.74, 6) is 1.96. The molecular formula is C15H17N5O. The number of benzene rings is 1. The number of anilines is 1. The van der Waals surface area contributed by atoms with Gasteiger partial charge < -0.3 is 5.32 Å². The maximum absolute atomic E-state index is 12.3. The van der Waals surface area contributed by atoms with Crippen LogP contribution in [0.15, 0.2) is 24.5 Å². The lowest BCUT2D eigenvalue weighted by Gasteiger charge is -2.13. The minimum atomic E-state index is 0.147. The Balaban J connectivity index is 1.52. The quantitative estimate of drug-likeness (QED) is 0.934. The molecule has 0 bridgehead atoms. The molecule has 1 N–H and O–H groups in total. The number of aryl methyl sites for hydroxylation is 1. The van der Waals surface area contributed by atoms with E-state index in [4.69, 9.17) is 0 Å². The van der Waals surface area contributed by atoms with Crippen LogP contribution in [-0.4, -0.2) is 26.1 Å². The van der Waals surface area contributed by atoms with Crippen LogP contribution in [0.1, 0.15) is 24.8 Å². The van der Waals surface area contributed by atoms with Gasteiger partial charge in [0.25, 0.3) is 0 Å². The van der Waals surface area contributed by atoms with Crippen LogP contribution in [0.2, 0.25) is 0 Å². The van der Waals surface area contributed by atoms with Crippen molar-refractivity contribution in [1.29, 1.82) is 0 Å². The molecule has 2 aliphatic rings. The highest BCUT2D eigenvalue weighted by Crippen LogP contribution is 2.54. The van der Waals surface area contributed by atoms with Crippen molar-refractivity contribution in [2.45, 2.75) is 26.2 Å². The molecule has 0 radical (unpaired) electrons. The second kappa shape index (κ2) is 4.65. The predicted octanol–water partition coefficient (Wildman–Crippen LogP) is 1.96. The van der Waals surface area contributed by atoms with Crippen molar-refractivity contribution < 1.29 is 4.79 Å². The topological polar surface area (TPSA) is 72.7 Å².